The summed E-state index contributed by atoms with van der Waals surface area (Å²) < 4.78 is 0. The fraction of sp³-hybridized carbons (Fsp3) is 0.793. The highest BCUT2D eigenvalue weighted by Gasteiger charge is 2.19. The van der Waals surface area contributed by atoms with Gasteiger partial charge in [0, 0.05) is 72.0 Å². The van der Waals surface area contributed by atoms with Gasteiger partial charge in [0.2, 0.25) is 0 Å². The van der Waals surface area contributed by atoms with Gasteiger partial charge in [0.1, 0.15) is 0 Å². The van der Waals surface area contributed by atoms with Crippen molar-refractivity contribution in [3.05, 3.63) is 35.9 Å². The van der Waals surface area contributed by atoms with Gasteiger partial charge in [0.15, 0.2) is 0 Å². The van der Waals surface area contributed by atoms with Gasteiger partial charge in [-0.25, -0.2) is 0 Å². The maximum absolute atomic E-state index is 11.1. The Morgan fingerprint density at radius 2 is 1.11 bits per heavy atom. The zero-order valence-corrected chi connectivity index (χ0v) is 23.4. The van der Waals surface area contributed by atoms with E-state index in [-0.39, 0.29) is 6.10 Å². The molecule has 2 rings (SSSR count). The third-order valence-electron chi connectivity index (χ3n) is 7.18. The minimum Gasteiger partial charge on any atom is -0.390 e. The molecule has 0 bridgehead atoms. The van der Waals surface area contributed by atoms with E-state index >= 15 is 0 Å². The van der Waals surface area contributed by atoms with Crippen LogP contribution in [0.5, 0.6) is 0 Å². The zero-order chi connectivity index (χ0) is 25.3. The first-order valence-corrected chi connectivity index (χ1v) is 14.4. The summed E-state index contributed by atoms with van der Waals surface area (Å²) in [6.07, 6.45) is 3.30. The van der Waals surface area contributed by atoms with E-state index in [0.29, 0.717) is 0 Å². The van der Waals surface area contributed by atoms with E-state index in [2.05, 4.69) is 82.5 Å². The van der Waals surface area contributed by atoms with E-state index in [1.165, 1.54) is 57.5 Å². The van der Waals surface area contributed by atoms with Crippen LogP contribution in [0.4, 0.5) is 0 Å². The van der Waals surface area contributed by atoms with Crippen LogP contribution < -0.4 is 0 Å². The summed E-state index contributed by atoms with van der Waals surface area (Å²) in [5.74, 6) is 0. The number of nitrogens with zero attached hydrogens (tertiary/aromatic N) is 5. The topological polar surface area (TPSA) is 36.4 Å². The van der Waals surface area contributed by atoms with Gasteiger partial charge in [-0.2, -0.15) is 0 Å². The second kappa shape index (κ2) is 18.3. The molecule has 0 aliphatic carbocycles. The lowest BCUT2D eigenvalue weighted by atomic mass is 10.2. The third kappa shape index (κ3) is 12.7. The molecule has 1 atom stereocenters. The molecular formula is C29H55N5O. The number of aliphatic hydroxyl groups excluding tert-OH is 1. The molecule has 1 heterocycles. The van der Waals surface area contributed by atoms with Crippen LogP contribution in [0.2, 0.25) is 0 Å². The van der Waals surface area contributed by atoms with Crippen molar-refractivity contribution in [2.45, 2.75) is 59.6 Å². The highest BCUT2D eigenvalue weighted by atomic mass is 16.3. The summed E-state index contributed by atoms with van der Waals surface area (Å²) in [6.45, 7) is 24.8. The minimum atomic E-state index is -0.328. The van der Waals surface area contributed by atoms with E-state index in [0.717, 1.165) is 65.4 Å². The van der Waals surface area contributed by atoms with Crippen molar-refractivity contribution in [3.8, 4) is 0 Å². The summed E-state index contributed by atoms with van der Waals surface area (Å²) in [7, 11) is 0. The Labute approximate surface area is 216 Å². The highest BCUT2D eigenvalue weighted by molar-refractivity contribution is 5.14. The van der Waals surface area contributed by atoms with Gasteiger partial charge in [-0.05, 0) is 51.0 Å². The lowest BCUT2D eigenvalue weighted by Crippen LogP contribution is -2.48. The molecule has 0 saturated carbocycles. The van der Waals surface area contributed by atoms with Gasteiger partial charge in [-0.3, -0.25) is 9.80 Å². The van der Waals surface area contributed by atoms with Gasteiger partial charge in [0.25, 0.3) is 0 Å². The summed E-state index contributed by atoms with van der Waals surface area (Å²) >= 11 is 0. The highest BCUT2D eigenvalue weighted by Crippen LogP contribution is 2.07. The predicted molar refractivity (Wildman–Crippen MR) is 150 cm³/mol. The van der Waals surface area contributed by atoms with E-state index < -0.39 is 0 Å². The molecule has 1 aromatic rings. The molecule has 0 radical (unpaired) electrons. The first-order chi connectivity index (χ1) is 17.1. The second-order valence-electron chi connectivity index (χ2n) is 10.3. The Balaban J connectivity index is 1.99. The van der Waals surface area contributed by atoms with Crippen LogP contribution in [-0.4, -0.2) is 127 Å². The van der Waals surface area contributed by atoms with Crippen LogP contribution in [0, 0.1) is 0 Å². The molecule has 202 valence electrons. The van der Waals surface area contributed by atoms with Crippen LogP contribution in [-0.2, 0) is 6.54 Å². The van der Waals surface area contributed by atoms with E-state index in [9.17, 15) is 5.11 Å². The quantitative estimate of drug-likeness (QED) is 0.458. The standard InChI is InChI=1S/C29H55N5O/c1-5-14-31-17-19-32(15-6-2)21-23-34(24-22-33(16-7-3)20-18-31)27-29(35)26-30(8-4)25-28-12-10-9-11-13-28/h9-13,29,35H,5-8,14-27H2,1-4H3. The van der Waals surface area contributed by atoms with Crippen molar-refractivity contribution in [1.82, 2.24) is 24.5 Å². The van der Waals surface area contributed by atoms with Crippen LogP contribution in [0.3, 0.4) is 0 Å². The molecule has 1 fully saturated rings. The van der Waals surface area contributed by atoms with Gasteiger partial charge in [0.05, 0.1) is 6.10 Å². The van der Waals surface area contributed by atoms with Gasteiger partial charge in [-0.15, -0.1) is 0 Å². The average Bonchev–Trinajstić information content (AvgIpc) is 2.85. The van der Waals surface area contributed by atoms with Gasteiger partial charge in [-0.1, -0.05) is 58.0 Å². The molecule has 1 saturated heterocycles. The van der Waals surface area contributed by atoms with Crippen molar-refractivity contribution in [2.24, 2.45) is 0 Å². The molecule has 1 unspecified atom stereocenters. The van der Waals surface area contributed by atoms with Crippen molar-refractivity contribution < 1.29 is 5.11 Å². The number of hydrogen-bond donors (Lipinski definition) is 1. The lowest BCUT2D eigenvalue weighted by Gasteiger charge is -2.35. The maximum Gasteiger partial charge on any atom is 0.0793 e. The fourth-order valence-corrected chi connectivity index (χ4v) is 5.18. The van der Waals surface area contributed by atoms with E-state index in [1.54, 1.807) is 0 Å². The molecule has 35 heavy (non-hydrogen) atoms. The Morgan fingerprint density at radius 3 is 1.51 bits per heavy atom. The molecule has 0 spiro atoms. The molecular weight excluding hydrogens is 434 g/mol. The zero-order valence-electron chi connectivity index (χ0n) is 23.4. The van der Waals surface area contributed by atoms with Crippen LogP contribution in [0.15, 0.2) is 30.3 Å². The molecule has 0 amide bonds. The van der Waals surface area contributed by atoms with Crippen LogP contribution >= 0.6 is 0 Å². The number of aliphatic hydroxyl groups is 1. The first kappa shape index (κ1) is 30.2. The monoisotopic (exact) mass is 489 g/mol. The number of benzene rings is 1. The van der Waals surface area contributed by atoms with Crippen molar-refractivity contribution in [3.63, 3.8) is 0 Å². The van der Waals surface area contributed by atoms with E-state index in [1.807, 2.05) is 0 Å². The SMILES string of the molecule is CCCN1CCN(CCC)CCN(CC(O)CN(CC)Cc2ccccc2)CCN(CCC)CC1. The average molecular weight is 490 g/mol. The largest absolute Gasteiger partial charge is 0.390 e. The fourth-order valence-electron chi connectivity index (χ4n) is 5.18. The first-order valence-electron chi connectivity index (χ1n) is 14.4. The molecule has 1 aliphatic heterocycles. The van der Waals surface area contributed by atoms with Crippen molar-refractivity contribution in [1.29, 1.82) is 0 Å². The van der Waals surface area contributed by atoms with Gasteiger partial charge >= 0.3 is 0 Å². The van der Waals surface area contributed by atoms with Crippen LogP contribution in [0.25, 0.3) is 0 Å². The Kier molecular flexibility index (Phi) is 15.8. The summed E-state index contributed by atoms with van der Waals surface area (Å²) in [5, 5.41) is 11.1. The second-order valence-corrected chi connectivity index (χ2v) is 10.3. The number of hydrogen-bond acceptors (Lipinski definition) is 6. The van der Waals surface area contributed by atoms with Crippen molar-refractivity contribution in [2.75, 3.05) is 91.6 Å². The Bertz CT molecular complexity index is 609. The minimum absolute atomic E-state index is 0.328. The predicted octanol–water partition coefficient (Wildman–Crippen LogP) is 3.32. The molecule has 6 nitrogen and oxygen atoms in total. The molecule has 1 aliphatic rings. The molecule has 6 heteroatoms. The third-order valence-corrected chi connectivity index (χ3v) is 7.18. The molecule has 1 N–H and O–H groups in total. The van der Waals surface area contributed by atoms with E-state index in [4.69, 9.17) is 0 Å². The Morgan fingerprint density at radius 1 is 0.686 bits per heavy atom. The number of likely N-dealkylation sites (N-methyl/N-ethyl adjacent to an activating group) is 1. The van der Waals surface area contributed by atoms with Crippen LogP contribution in [0.1, 0.15) is 52.5 Å². The summed E-state index contributed by atoms with van der Waals surface area (Å²) in [5.41, 5.74) is 1.32. The Hall–Kier alpha value is -1.02. The number of β-amino-alcohol motifs (C(OH)–C–C–N with tert-alkyl or cyclic N) is 1. The number of rotatable bonds is 13. The molecule has 1 aromatic carbocycles. The lowest BCUT2D eigenvalue weighted by molar-refractivity contribution is 0.0604. The smallest absolute Gasteiger partial charge is 0.0793 e. The van der Waals surface area contributed by atoms with Crippen molar-refractivity contribution >= 4 is 0 Å². The molecule has 0 aromatic heterocycles. The van der Waals surface area contributed by atoms with Gasteiger partial charge < -0.3 is 19.8 Å². The summed E-state index contributed by atoms with van der Waals surface area (Å²) in [6, 6.07) is 10.6. The normalized spacial score (nSPS) is 19.5. The summed E-state index contributed by atoms with van der Waals surface area (Å²) in [4.78, 5) is 12.8. The maximum atomic E-state index is 11.1.